The van der Waals surface area contributed by atoms with E-state index in [1.807, 2.05) is 0 Å². The lowest BCUT2D eigenvalue weighted by Crippen LogP contribution is -1.87. The van der Waals surface area contributed by atoms with Gasteiger partial charge in [0.15, 0.2) is 0 Å². The van der Waals surface area contributed by atoms with Crippen LogP contribution in [0.5, 0.6) is 0 Å². The van der Waals surface area contributed by atoms with Gasteiger partial charge in [-0.05, 0) is 145 Å². The van der Waals surface area contributed by atoms with Gasteiger partial charge in [0, 0.05) is 0 Å². The van der Waals surface area contributed by atoms with E-state index in [1.165, 1.54) is 109 Å². The molecule has 0 radical (unpaired) electrons. The summed E-state index contributed by atoms with van der Waals surface area (Å²) >= 11 is 0. The highest BCUT2D eigenvalue weighted by molar-refractivity contribution is 6.23. The molecule has 0 unspecified atom stereocenters. The van der Waals surface area contributed by atoms with Gasteiger partial charge in [0.25, 0.3) is 0 Å². The van der Waals surface area contributed by atoms with Crippen LogP contribution < -0.4 is 0 Å². The van der Waals surface area contributed by atoms with Crippen LogP contribution in [0, 0.1) is 0 Å². The summed E-state index contributed by atoms with van der Waals surface area (Å²) < 4.78 is 0. The highest BCUT2D eigenvalue weighted by atomic mass is 14.2. The van der Waals surface area contributed by atoms with Gasteiger partial charge in [0.05, 0.1) is 0 Å². The standard InChI is InChI=1S/C52H32/c1-4-12-45-34(9-1)19-26-42-32-51(48-15-7-8-16-49(48)52(42)45)41-24-18-33-17-20-38(29-43(33)30-41)35-21-22-37-28-40(25-23-36(37)27-35)50-31-39-10-2-3-11-44(39)46-13-5-6-14-47(46)50/h1-32H. The minimum Gasteiger partial charge on any atom is -0.0616 e. The zero-order valence-corrected chi connectivity index (χ0v) is 28.5. The number of fused-ring (bicyclic) bond motifs is 10. The lowest BCUT2D eigenvalue weighted by molar-refractivity contribution is 1.66. The molecule has 52 heavy (non-hydrogen) atoms. The predicted octanol–water partition coefficient (Wildman–Crippen LogP) is 14.8. The molecule has 11 aromatic rings. The molecule has 0 aliphatic carbocycles. The second-order valence-electron chi connectivity index (χ2n) is 14.1. The number of benzene rings is 11. The van der Waals surface area contributed by atoms with Gasteiger partial charge in [-0.2, -0.15) is 0 Å². The average Bonchev–Trinajstić information content (AvgIpc) is 3.22. The van der Waals surface area contributed by atoms with E-state index in [0.717, 1.165) is 0 Å². The molecular weight excluding hydrogens is 625 g/mol. The third-order valence-electron chi connectivity index (χ3n) is 11.2. The Kier molecular flexibility index (Phi) is 6.35. The van der Waals surface area contributed by atoms with E-state index in [0.29, 0.717) is 0 Å². The fourth-order valence-electron chi connectivity index (χ4n) is 8.60. The smallest absolute Gasteiger partial charge is 0.00264 e. The van der Waals surface area contributed by atoms with Crippen molar-refractivity contribution in [1.29, 1.82) is 0 Å². The van der Waals surface area contributed by atoms with Crippen LogP contribution in [0.15, 0.2) is 194 Å². The normalized spacial score (nSPS) is 11.8. The quantitative estimate of drug-likeness (QED) is 0.166. The SMILES string of the molecule is c1ccc2c(c1)cc(-c1ccc3cc(-c4ccc5ccc(-c6cc7ccc8ccccc8c7c7ccccc67)cc5c4)ccc3c1)c1ccccc12. The molecule has 0 heterocycles. The van der Waals surface area contributed by atoms with Gasteiger partial charge >= 0.3 is 0 Å². The van der Waals surface area contributed by atoms with E-state index in [2.05, 4.69) is 194 Å². The largest absolute Gasteiger partial charge is 0.0616 e. The monoisotopic (exact) mass is 656 g/mol. The van der Waals surface area contributed by atoms with Crippen molar-refractivity contribution in [3.8, 4) is 33.4 Å². The summed E-state index contributed by atoms with van der Waals surface area (Å²) in [6.45, 7) is 0. The van der Waals surface area contributed by atoms with Gasteiger partial charge in [-0.15, -0.1) is 0 Å². The Morgan fingerprint density at radius 3 is 1.33 bits per heavy atom. The molecular formula is C52H32. The molecule has 0 aromatic heterocycles. The minimum absolute atomic E-state index is 1.23. The van der Waals surface area contributed by atoms with Gasteiger partial charge in [-0.3, -0.25) is 0 Å². The van der Waals surface area contributed by atoms with Crippen LogP contribution >= 0.6 is 0 Å². The third kappa shape index (κ3) is 4.55. The van der Waals surface area contributed by atoms with E-state index in [4.69, 9.17) is 0 Å². The van der Waals surface area contributed by atoms with Crippen LogP contribution in [0.1, 0.15) is 0 Å². The van der Waals surface area contributed by atoms with E-state index in [9.17, 15) is 0 Å². The lowest BCUT2D eigenvalue weighted by atomic mass is 9.89. The first-order valence-electron chi connectivity index (χ1n) is 18.1. The van der Waals surface area contributed by atoms with E-state index >= 15 is 0 Å². The summed E-state index contributed by atoms with van der Waals surface area (Å²) in [7, 11) is 0. The maximum absolute atomic E-state index is 2.38. The van der Waals surface area contributed by atoms with Crippen molar-refractivity contribution in [3.05, 3.63) is 194 Å². The Hall–Kier alpha value is -6.76. The second-order valence-corrected chi connectivity index (χ2v) is 14.1. The lowest BCUT2D eigenvalue weighted by Gasteiger charge is -2.14. The van der Waals surface area contributed by atoms with Crippen molar-refractivity contribution >= 4 is 75.4 Å². The summed E-state index contributed by atoms with van der Waals surface area (Å²) in [6, 6.07) is 71.9. The van der Waals surface area contributed by atoms with Gasteiger partial charge in [-0.25, -0.2) is 0 Å². The van der Waals surface area contributed by atoms with E-state index in [1.54, 1.807) is 0 Å². The van der Waals surface area contributed by atoms with Gasteiger partial charge < -0.3 is 0 Å². The van der Waals surface area contributed by atoms with Crippen LogP contribution in [-0.2, 0) is 0 Å². The van der Waals surface area contributed by atoms with Crippen LogP contribution in [-0.4, -0.2) is 0 Å². The molecule has 0 fully saturated rings. The molecule has 0 bridgehead atoms. The second kappa shape index (κ2) is 11.4. The molecule has 11 aromatic carbocycles. The van der Waals surface area contributed by atoms with Crippen molar-refractivity contribution in [1.82, 2.24) is 0 Å². The van der Waals surface area contributed by atoms with Crippen LogP contribution in [0.3, 0.4) is 0 Å². The minimum atomic E-state index is 1.23. The Labute approximate surface area is 301 Å². The number of hydrogen-bond acceptors (Lipinski definition) is 0. The molecule has 0 spiro atoms. The van der Waals surface area contributed by atoms with Crippen LogP contribution in [0.2, 0.25) is 0 Å². The van der Waals surface area contributed by atoms with Crippen molar-refractivity contribution < 1.29 is 0 Å². The Morgan fingerprint density at radius 2 is 0.615 bits per heavy atom. The molecule has 11 rings (SSSR count). The summed E-state index contributed by atoms with van der Waals surface area (Å²) in [6.07, 6.45) is 0. The predicted molar refractivity (Wildman–Crippen MR) is 225 cm³/mol. The fourth-order valence-corrected chi connectivity index (χ4v) is 8.60. The van der Waals surface area contributed by atoms with Gasteiger partial charge in [0.2, 0.25) is 0 Å². The topological polar surface area (TPSA) is 0 Å². The van der Waals surface area contributed by atoms with Crippen molar-refractivity contribution in [2.45, 2.75) is 0 Å². The van der Waals surface area contributed by atoms with Crippen LogP contribution in [0.25, 0.3) is 109 Å². The summed E-state index contributed by atoms with van der Waals surface area (Å²) in [5.41, 5.74) is 7.49. The summed E-state index contributed by atoms with van der Waals surface area (Å²) in [4.78, 5) is 0. The highest BCUT2D eigenvalue weighted by Crippen LogP contribution is 2.40. The molecule has 0 saturated heterocycles. The highest BCUT2D eigenvalue weighted by Gasteiger charge is 2.13. The van der Waals surface area contributed by atoms with Crippen molar-refractivity contribution in [2.24, 2.45) is 0 Å². The van der Waals surface area contributed by atoms with Gasteiger partial charge in [0.1, 0.15) is 0 Å². The first kappa shape index (κ1) is 29.0. The molecule has 0 nitrogen and oxygen atoms in total. The molecule has 0 aliphatic heterocycles. The third-order valence-corrected chi connectivity index (χ3v) is 11.2. The van der Waals surface area contributed by atoms with Crippen LogP contribution in [0.4, 0.5) is 0 Å². The Bertz CT molecular complexity index is 3240. The van der Waals surface area contributed by atoms with E-state index < -0.39 is 0 Å². The number of hydrogen-bond donors (Lipinski definition) is 0. The molecule has 0 N–H and O–H groups in total. The molecule has 0 atom stereocenters. The maximum Gasteiger partial charge on any atom is -0.00264 e. The van der Waals surface area contributed by atoms with Crippen molar-refractivity contribution in [3.63, 3.8) is 0 Å². The zero-order valence-electron chi connectivity index (χ0n) is 28.5. The van der Waals surface area contributed by atoms with Gasteiger partial charge in [-0.1, -0.05) is 158 Å². The zero-order chi connectivity index (χ0) is 34.2. The molecule has 240 valence electrons. The fraction of sp³-hybridized carbons (Fsp3) is 0. The molecule has 0 aliphatic rings. The van der Waals surface area contributed by atoms with Crippen molar-refractivity contribution in [2.75, 3.05) is 0 Å². The molecule has 0 amide bonds. The summed E-state index contributed by atoms with van der Waals surface area (Å²) in [5.74, 6) is 0. The first-order valence-corrected chi connectivity index (χ1v) is 18.1. The number of rotatable bonds is 3. The molecule has 0 saturated carbocycles. The average molecular weight is 657 g/mol. The maximum atomic E-state index is 2.38. The Morgan fingerprint density at radius 1 is 0.192 bits per heavy atom. The first-order chi connectivity index (χ1) is 25.7. The summed E-state index contributed by atoms with van der Waals surface area (Å²) in [5, 5.41) is 17.9. The van der Waals surface area contributed by atoms with E-state index in [-0.39, 0.29) is 0 Å². The Balaban J connectivity index is 1.00. The molecule has 0 heteroatoms.